The van der Waals surface area contributed by atoms with E-state index in [1.807, 2.05) is 0 Å². The van der Waals surface area contributed by atoms with Crippen molar-refractivity contribution in [3.63, 3.8) is 0 Å². The van der Waals surface area contributed by atoms with Crippen molar-refractivity contribution in [1.82, 2.24) is 5.32 Å². The molecule has 1 rings (SSSR count). The van der Waals surface area contributed by atoms with E-state index in [1.165, 1.54) is 0 Å². The third-order valence-corrected chi connectivity index (χ3v) is 3.58. The summed E-state index contributed by atoms with van der Waals surface area (Å²) in [4.78, 5) is 0. The Hall–Kier alpha value is -0.220. The van der Waals surface area contributed by atoms with Gasteiger partial charge in [-0.2, -0.15) is 0 Å². The molecule has 0 aromatic carbocycles. The summed E-state index contributed by atoms with van der Waals surface area (Å²) in [5.74, 6) is 0. The van der Waals surface area contributed by atoms with Crippen LogP contribution in [0.5, 0.6) is 0 Å². The van der Waals surface area contributed by atoms with Crippen molar-refractivity contribution >= 4 is 0 Å². The Morgan fingerprint density at radius 3 is 2.13 bits per heavy atom. The first-order valence-corrected chi connectivity index (χ1v) is 5.62. The molecule has 0 bridgehead atoms. The quantitative estimate of drug-likeness (QED) is 0.761. The highest BCUT2D eigenvalue weighted by Crippen LogP contribution is 2.39. The molecule has 0 saturated heterocycles. The summed E-state index contributed by atoms with van der Waals surface area (Å²) in [6.07, 6.45) is 1.64. The highest BCUT2D eigenvalue weighted by molar-refractivity contribution is 4.96. The molecule has 1 aliphatic carbocycles. The van der Waals surface area contributed by atoms with E-state index in [1.54, 1.807) is 0 Å². The molecule has 1 fully saturated rings. The second kappa shape index (κ2) is 4.74. The van der Waals surface area contributed by atoms with Crippen LogP contribution in [-0.4, -0.2) is 25.1 Å². The van der Waals surface area contributed by atoms with Gasteiger partial charge in [-0.3, -0.25) is 0 Å². The van der Waals surface area contributed by atoms with Crippen LogP contribution >= 0.6 is 0 Å². The first-order chi connectivity index (χ1) is 6.89. The standard InChI is InChI=1S/C11H22F2N2/c1-10(2)3-5-11(8-14,6-4-10)15-7-9(12)13/h9,15H,3-8,14H2,1-2H3. The van der Waals surface area contributed by atoms with Gasteiger partial charge in [-0.05, 0) is 31.1 Å². The van der Waals surface area contributed by atoms with Crippen molar-refractivity contribution in [2.24, 2.45) is 11.1 Å². The number of alkyl halides is 2. The van der Waals surface area contributed by atoms with Crippen LogP contribution < -0.4 is 11.1 Å². The van der Waals surface area contributed by atoms with Gasteiger partial charge in [0, 0.05) is 12.1 Å². The van der Waals surface area contributed by atoms with Gasteiger partial charge < -0.3 is 11.1 Å². The molecule has 0 aromatic heterocycles. The lowest BCUT2D eigenvalue weighted by atomic mass is 9.69. The monoisotopic (exact) mass is 220 g/mol. The first kappa shape index (κ1) is 12.8. The molecule has 0 aromatic rings. The van der Waals surface area contributed by atoms with E-state index in [4.69, 9.17) is 5.73 Å². The number of nitrogens with two attached hydrogens (primary N) is 1. The van der Waals surface area contributed by atoms with E-state index in [0.717, 1.165) is 25.7 Å². The van der Waals surface area contributed by atoms with Gasteiger partial charge in [-0.15, -0.1) is 0 Å². The first-order valence-electron chi connectivity index (χ1n) is 5.62. The van der Waals surface area contributed by atoms with Crippen molar-refractivity contribution in [1.29, 1.82) is 0 Å². The zero-order valence-corrected chi connectivity index (χ0v) is 9.65. The van der Waals surface area contributed by atoms with Crippen LogP contribution in [0.2, 0.25) is 0 Å². The van der Waals surface area contributed by atoms with Gasteiger partial charge in [0.05, 0.1) is 6.54 Å². The highest BCUT2D eigenvalue weighted by Gasteiger charge is 2.37. The van der Waals surface area contributed by atoms with Crippen LogP contribution in [0.15, 0.2) is 0 Å². The second-order valence-corrected chi connectivity index (χ2v) is 5.42. The van der Waals surface area contributed by atoms with Crippen molar-refractivity contribution in [3.05, 3.63) is 0 Å². The molecule has 0 radical (unpaired) electrons. The molecule has 2 nitrogen and oxygen atoms in total. The number of nitrogens with one attached hydrogen (secondary N) is 1. The minimum Gasteiger partial charge on any atom is -0.329 e. The molecule has 3 N–H and O–H groups in total. The lowest BCUT2D eigenvalue weighted by Crippen LogP contribution is -2.55. The molecule has 0 heterocycles. The predicted octanol–water partition coefficient (Wildman–Crippen LogP) is 2.14. The van der Waals surface area contributed by atoms with E-state index in [-0.39, 0.29) is 12.1 Å². The van der Waals surface area contributed by atoms with Gasteiger partial charge in [-0.25, -0.2) is 8.78 Å². The number of halogens is 2. The number of rotatable bonds is 4. The van der Waals surface area contributed by atoms with Crippen molar-refractivity contribution in [2.75, 3.05) is 13.1 Å². The third kappa shape index (κ3) is 3.68. The third-order valence-electron chi connectivity index (χ3n) is 3.58. The molecule has 1 saturated carbocycles. The van der Waals surface area contributed by atoms with Gasteiger partial charge in [0.15, 0.2) is 0 Å². The molecule has 1 aliphatic rings. The van der Waals surface area contributed by atoms with Gasteiger partial charge in [-0.1, -0.05) is 13.8 Å². The van der Waals surface area contributed by atoms with Crippen LogP contribution in [0.3, 0.4) is 0 Å². The summed E-state index contributed by atoms with van der Waals surface area (Å²) in [5.41, 5.74) is 5.80. The minimum absolute atomic E-state index is 0.238. The van der Waals surface area contributed by atoms with E-state index in [2.05, 4.69) is 19.2 Å². The van der Waals surface area contributed by atoms with Crippen molar-refractivity contribution < 1.29 is 8.78 Å². The minimum atomic E-state index is -2.29. The van der Waals surface area contributed by atoms with Crippen LogP contribution in [0.4, 0.5) is 8.78 Å². The summed E-state index contributed by atoms with van der Waals surface area (Å²) in [7, 11) is 0. The van der Waals surface area contributed by atoms with Gasteiger partial charge in [0.25, 0.3) is 6.43 Å². The summed E-state index contributed by atoms with van der Waals surface area (Å²) in [6, 6.07) is 0. The molecular formula is C11H22F2N2. The Kier molecular flexibility index (Phi) is 4.06. The topological polar surface area (TPSA) is 38.0 Å². The smallest absolute Gasteiger partial charge is 0.250 e. The Morgan fingerprint density at radius 2 is 1.73 bits per heavy atom. The van der Waals surface area contributed by atoms with E-state index < -0.39 is 6.43 Å². The van der Waals surface area contributed by atoms with E-state index in [0.29, 0.717) is 12.0 Å². The number of hydrogen-bond acceptors (Lipinski definition) is 2. The second-order valence-electron chi connectivity index (χ2n) is 5.42. The molecule has 15 heavy (non-hydrogen) atoms. The van der Waals surface area contributed by atoms with Crippen molar-refractivity contribution in [2.45, 2.75) is 51.5 Å². The summed E-state index contributed by atoms with van der Waals surface area (Å²) >= 11 is 0. The fourth-order valence-corrected chi connectivity index (χ4v) is 2.15. The van der Waals surface area contributed by atoms with E-state index >= 15 is 0 Å². The zero-order valence-electron chi connectivity index (χ0n) is 9.65. The average molecular weight is 220 g/mol. The Bertz CT molecular complexity index is 189. The molecule has 0 aliphatic heterocycles. The average Bonchev–Trinajstić information content (AvgIpc) is 2.17. The van der Waals surface area contributed by atoms with Gasteiger partial charge in [0.1, 0.15) is 0 Å². The largest absolute Gasteiger partial charge is 0.329 e. The predicted molar refractivity (Wildman–Crippen MR) is 58.0 cm³/mol. The zero-order chi connectivity index (χ0) is 11.5. The lowest BCUT2D eigenvalue weighted by Gasteiger charge is -2.43. The van der Waals surface area contributed by atoms with Crippen LogP contribution in [0.1, 0.15) is 39.5 Å². The van der Waals surface area contributed by atoms with Crippen LogP contribution in [-0.2, 0) is 0 Å². The van der Waals surface area contributed by atoms with Gasteiger partial charge in [0.2, 0.25) is 0 Å². The molecule has 0 atom stereocenters. The SMILES string of the molecule is CC1(C)CCC(CN)(NCC(F)F)CC1. The Labute approximate surface area is 90.6 Å². The summed E-state index contributed by atoms with van der Waals surface area (Å²) in [5, 5.41) is 2.95. The molecule has 90 valence electrons. The van der Waals surface area contributed by atoms with Crippen LogP contribution in [0.25, 0.3) is 0 Å². The summed E-state index contributed by atoms with van der Waals surface area (Å²) < 4.78 is 24.3. The molecule has 0 amide bonds. The van der Waals surface area contributed by atoms with Gasteiger partial charge >= 0.3 is 0 Å². The summed E-state index contributed by atoms with van der Waals surface area (Å²) in [6.45, 7) is 4.66. The normalized spacial score (nSPS) is 24.4. The Balaban J connectivity index is 2.49. The maximum Gasteiger partial charge on any atom is 0.250 e. The maximum absolute atomic E-state index is 12.1. The molecule has 0 spiro atoms. The molecular weight excluding hydrogens is 198 g/mol. The van der Waals surface area contributed by atoms with E-state index in [9.17, 15) is 8.78 Å². The lowest BCUT2D eigenvalue weighted by molar-refractivity contribution is 0.0967. The Morgan fingerprint density at radius 1 is 1.20 bits per heavy atom. The highest BCUT2D eigenvalue weighted by atomic mass is 19.3. The molecule has 4 heteroatoms. The fraction of sp³-hybridized carbons (Fsp3) is 1.00. The fourth-order valence-electron chi connectivity index (χ4n) is 2.15. The molecule has 0 unspecified atom stereocenters. The van der Waals surface area contributed by atoms with Crippen molar-refractivity contribution in [3.8, 4) is 0 Å². The maximum atomic E-state index is 12.1. The number of hydrogen-bond donors (Lipinski definition) is 2. The van der Waals surface area contributed by atoms with Crippen LogP contribution in [0, 0.1) is 5.41 Å².